The molecule has 17 heavy (non-hydrogen) atoms. The number of methoxy groups -OCH3 is 1. The van der Waals surface area contributed by atoms with E-state index in [0.717, 1.165) is 38.3 Å². The van der Waals surface area contributed by atoms with E-state index in [1.807, 2.05) is 0 Å². The number of hydrogen-bond acceptors (Lipinski definition) is 2. The van der Waals surface area contributed by atoms with E-state index in [2.05, 4.69) is 30.4 Å². The van der Waals surface area contributed by atoms with Crippen molar-refractivity contribution < 1.29 is 14.8 Å². The third-order valence-electron chi connectivity index (χ3n) is 3.10. The summed E-state index contributed by atoms with van der Waals surface area (Å²) >= 11 is 0. The van der Waals surface area contributed by atoms with E-state index in [0.29, 0.717) is 6.10 Å². The second-order valence-electron chi connectivity index (χ2n) is 4.70. The summed E-state index contributed by atoms with van der Waals surface area (Å²) in [5.74, 6) is 1.07. The van der Waals surface area contributed by atoms with Gasteiger partial charge in [0.15, 0.2) is 0 Å². The van der Waals surface area contributed by atoms with Crippen LogP contribution < -0.4 is 10.1 Å². The van der Waals surface area contributed by atoms with Crippen molar-refractivity contribution in [1.82, 2.24) is 0 Å². The molecule has 0 aliphatic carbocycles. The van der Waals surface area contributed by atoms with Crippen molar-refractivity contribution in [3.63, 3.8) is 0 Å². The maximum atomic E-state index is 5.69. The van der Waals surface area contributed by atoms with Gasteiger partial charge in [0.05, 0.1) is 13.2 Å². The fourth-order valence-corrected chi connectivity index (χ4v) is 2.24. The van der Waals surface area contributed by atoms with Crippen LogP contribution in [0.4, 0.5) is 0 Å². The van der Waals surface area contributed by atoms with Gasteiger partial charge in [-0.05, 0) is 30.7 Å². The monoisotopic (exact) mass is 236 g/mol. The number of hydrogen-bond donors (Lipinski definition) is 1. The van der Waals surface area contributed by atoms with Crippen LogP contribution >= 0.6 is 0 Å². The Labute approximate surface area is 103 Å². The summed E-state index contributed by atoms with van der Waals surface area (Å²) < 4.78 is 10.7. The van der Waals surface area contributed by atoms with Crippen molar-refractivity contribution in [2.24, 2.45) is 0 Å². The Morgan fingerprint density at radius 2 is 2.35 bits per heavy atom. The predicted molar refractivity (Wildman–Crippen MR) is 67.2 cm³/mol. The summed E-state index contributed by atoms with van der Waals surface area (Å²) in [6, 6.07) is 6.56. The molecule has 0 amide bonds. The molecule has 1 aliphatic rings. The molecule has 3 nitrogen and oxygen atoms in total. The maximum Gasteiger partial charge on any atom is 0.123 e. The molecule has 1 aromatic carbocycles. The summed E-state index contributed by atoms with van der Waals surface area (Å²) in [5.41, 5.74) is 2.75. The van der Waals surface area contributed by atoms with E-state index in [1.54, 1.807) is 7.11 Å². The molecule has 0 saturated carbocycles. The highest BCUT2D eigenvalue weighted by molar-refractivity contribution is 5.40. The number of rotatable bonds is 6. The number of benzene rings is 1. The van der Waals surface area contributed by atoms with E-state index in [-0.39, 0.29) is 0 Å². The van der Waals surface area contributed by atoms with Crippen molar-refractivity contribution >= 4 is 0 Å². The SMILES string of the molecule is COCCC[NH2+]Cc1ccc2c(c1)C[C@@H](C)O2. The van der Waals surface area contributed by atoms with Crippen LogP contribution in [0.3, 0.4) is 0 Å². The predicted octanol–water partition coefficient (Wildman–Crippen LogP) is 1.11. The zero-order valence-electron chi connectivity index (χ0n) is 10.7. The molecule has 0 radical (unpaired) electrons. The van der Waals surface area contributed by atoms with Crippen LogP contribution in [0.15, 0.2) is 18.2 Å². The molecular formula is C14H22NO2+. The van der Waals surface area contributed by atoms with Crippen molar-refractivity contribution in [3.05, 3.63) is 29.3 Å². The molecule has 0 spiro atoms. The molecule has 0 fully saturated rings. The lowest BCUT2D eigenvalue weighted by Gasteiger charge is -2.04. The lowest BCUT2D eigenvalue weighted by atomic mass is 10.1. The molecule has 94 valence electrons. The highest BCUT2D eigenvalue weighted by Crippen LogP contribution is 2.28. The van der Waals surface area contributed by atoms with Gasteiger partial charge in [0.1, 0.15) is 18.4 Å². The molecule has 0 saturated heterocycles. The molecule has 0 unspecified atom stereocenters. The highest BCUT2D eigenvalue weighted by Gasteiger charge is 2.18. The largest absolute Gasteiger partial charge is 0.490 e. The van der Waals surface area contributed by atoms with Crippen molar-refractivity contribution in [2.45, 2.75) is 32.4 Å². The summed E-state index contributed by atoms with van der Waals surface area (Å²) in [7, 11) is 1.75. The topological polar surface area (TPSA) is 35.1 Å². The van der Waals surface area contributed by atoms with Crippen LogP contribution in [-0.4, -0.2) is 26.4 Å². The summed E-state index contributed by atoms with van der Waals surface area (Å²) in [5, 5.41) is 2.33. The maximum absolute atomic E-state index is 5.69. The van der Waals surface area contributed by atoms with Crippen molar-refractivity contribution in [2.75, 3.05) is 20.3 Å². The Balaban J connectivity index is 1.80. The van der Waals surface area contributed by atoms with Crippen LogP contribution in [0.1, 0.15) is 24.5 Å². The smallest absolute Gasteiger partial charge is 0.123 e. The van der Waals surface area contributed by atoms with Gasteiger partial charge >= 0.3 is 0 Å². The minimum atomic E-state index is 0.339. The number of quaternary nitrogens is 1. The molecule has 3 heteroatoms. The van der Waals surface area contributed by atoms with Gasteiger partial charge in [0, 0.05) is 25.5 Å². The Morgan fingerprint density at radius 3 is 3.18 bits per heavy atom. The number of fused-ring (bicyclic) bond motifs is 1. The lowest BCUT2D eigenvalue weighted by molar-refractivity contribution is -0.671. The summed E-state index contributed by atoms with van der Waals surface area (Å²) in [6.07, 6.45) is 2.50. The van der Waals surface area contributed by atoms with E-state index in [1.165, 1.54) is 11.1 Å². The molecule has 2 rings (SSSR count). The van der Waals surface area contributed by atoms with Gasteiger partial charge in [-0.1, -0.05) is 0 Å². The molecule has 1 aliphatic heterocycles. The Morgan fingerprint density at radius 1 is 1.47 bits per heavy atom. The first-order valence-electron chi connectivity index (χ1n) is 6.38. The van der Waals surface area contributed by atoms with Crippen molar-refractivity contribution in [3.8, 4) is 5.75 Å². The van der Waals surface area contributed by atoms with E-state index in [9.17, 15) is 0 Å². The van der Waals surface area contributed by atoms with E-state index in [4.69, 9.17) is 9.47 Å². The Hall–Kier alpha value is -1.06. The summed E-state index contributed by atoms with van der Waals surface area (Å²) in [4.78, 5) is 0. The molecule has 1 atom stereocenters. The third kappa shape index (κ3) is 3.45. The van der Waals surface area contributed by atoms with Gasteiger partial charge < -0.3 is 14.8 Å². The molecular weight excluding hydrogens is 214 g/mol. The van der Waals surface area contributed by atoms with Gasteiger partial charge in [-0.25, -0.2) is 0 Å². The Bertz CT molecular complexity index is 365. The zero-order chi connectivity index (χ0) is 12.1. The third-order valence-corrected chi connectivity index (χ3v) is 3.10. The first kappa shape index (κ1) is 12.4. The number of nitrogens with two attached hydrogens (primary N) is 1. The van der Waals surface area contributed by atoms with E-state index < -0.39 is 0 Å². The second-order valence-corrected chi connectivity index (χ2v) is 4.70. The Kier molecular flexibility index (Phi) is 4.40. The molecule has 0 aromatic heterocycles. The van der Waals surface area contributed by atoms with Gasteiger partial charge in [-0.2, -0.15) is 0 Å². The minimum Gasteiger partial charge on any atom is -0.490 e. The first-order valence-corrected chi connectivity index (χ1v) is 6.38. The number of ether oxygens (including phenoxy) is 2. The fraction of sp³-hybridized carbons (Fsp3) is 0.571. The van der Waals surface area contributed by atoms with Crippen LogP contribution in [-0.2, 0) is 17.7 Å². The molecule has 2 N–H and O–H groups in total. The average molecular weight is 236 g/mol. The molecule has 0 bridgehead atoms. The molecule has 1 aromatic rings. The first-order chi connectivity index (χ1) is 8.29. The van der Waals surface area contributed by atoms with Crippen LogP contribution in [0, 0.1) is 0 Å². The lowest BCUT2D eigenvalue weighted by Crippen LogP contribution is -2.82. The second kappa shape index (κ2) is 6.03. The van der Waals surface area contributed by atoms with Crippen molar-refractivity contribution in [1.29, 1.82) is 0 Å². The van der Waals surface area contributed by atoms with Crippen LogP contribution in [0.25, 0.3) is 0 Å². The quantitative estimate of drug-likeness (QED) is 0.751. The normalized spacial score (nSPS) is 17.9. The average Bonchev–Trinajstić information content (AvgIpc) is 2.68. The van der Waals surface area contributed by atoms with Crippen LogP contribution in [0.5, 0.6) is 5.75 Å². The minimum absolute atomic E-state index is 0.339. The standard InChI is InChI=1S/C14H21NO2/c1-11-8-13-9-12(4-5-14(13)17-11)10-15-6-3-7-16-2/h4-5,9,11,15H,3,6-8,10H2,1-2H3/p+1/t11-/m1/s1. The fourth-order valence-electron chi connectivity index (χ4n) is 2.24. The van der Waals surface area contributed by atoms with Gasteiger partial charge in [0.2, 0.25) is 0 Å². The summed E-state index contributed by atoms with van der Waals surface area (Å²) in [6.45, 7) is 5.14. The molecule has 1 heterocycles. The van der Waals surface area contributed by atoms with Gasteiger partial charge in [-0.3, -0.25) is 0 Å². The highest BCUT2D eigenvalue weighted by atomic mass is 16.5. The van der Waals surface area contributed by atoms with E-state index >= 15 is 0 Å². The van der Waals surface area contributed by atoms with Gasteiger partial charge in [-0.15, -0.1) is 0 Å². The van der Waals surface area contributed by atoms with Gasteiger partial charge in [0.25, 0.3) is 0 Å². The van der Waals surface area contributed by atoms with Crippen LogP contribution in [0.2, 0.25) is 0 Å². The zero-order valence-corrected chi connectivity index (χ0v) is 10.7.